The number of hydrogen-bond donors (Lipinski definition) is 2. The Bertz CT molecular complexity index is 503. The zero-order chi connectivity index (χ0) is 13.0. The van der Waals surface area contributed by atoms with Gasteiger partial charge in [-0.05, 0) is 22.0 Å². The molecule has 0 saturated heterocycles. The fourth-order valence-corrected chi connectivity index (χ4v) is 1.26. The summed E-state index contributed by atoms with van der Waals surface area (Å²) in [4.78, 5) is 21.2. The predicted octanol–water partition coefficient (Wildman–Crippen LogP) is 2.31. The van der Waals surface area contributed by atoms with Gasteiger partial charge in [-0.15, -0.1) is 0 Å². The van der Waals surface area contributed by atoms with E-state index < -0.39 is 23.5 Å². The summed E-state index contributed by atoms with van der Waals surface area (Å²) in [6.07, 6.45) is 1.28. The van der Waals surface area contributed by atoms with Crippen molar-refractivity contribution in [2.75, 3.05) is 5.32 Å². The number of hydrogen-bond acceptors (Lipinski definition) is 2. The molecule has 1 aromatic carbocycles. The number of carboxylic acids is 1. The van der Waals surface area contributed by atoms with E-state index in [0.29, 0.717) is 12.2 Å². The molecule has 0 unspecified atom stereocenters. The predicted molar refractivity (Wildman–Crippen MR) is 59.5 cm³/mol. The van der Waals surface area contributed by atoms with E-state index in [-0.39, 0.29) is 10.2 Å². The van der Waals surface area contributed by atoms with Crippen molar-refractivity contribution in [2.24, 2.45) is 0 Å². The van der Waals surface area contributed by atoms with Crippen LogP contribution < -0.4 is 5.32 Å². The minimum absolute atomic E-state index is 0.0749. The van der Waals surface area contributed by atoms with Crippen LogP contribution in [0, 0.1) is 11.6 Å². The lowest BCUT2D eigenvalue weighted by molar-refractivity contribution is -0.131. The Hall–Kier alpha value is -1.76. The van der Waals surface area contributed by atoms with Gasteiger partial charge in [0.2, 0.25) is 5.91 Å². The third-order valence-corrected chi connectivity index (χ3v) is 2.25. The molecule has 1 aromatic rings. The largest absolute Gasteiger partial charge is 0.478 e. The zero-order valence-electron chi connectivity index (χ0n) is 8.21. The highest BCUT2D eigenvalue weighted by molar-refractivity contribution is 9.10. The van der Waals surface area contributed by atoms with Crippen molar-refractivity contribution in [1.29, 1.82) is 0 Å². The number of carbonyl (C=O) groups is 2. The lowest BCUT2D eigenvalue weighted by atomic mass is 10.3. The van der Waals surface area contributed by atoms with Crippen LogP contribution in [0.4, 0.5) is 14.5 Å². The van der Waals surface area contributed by atoms with E-state index in [2.05, 4.69) is 15.9 Å². The molecule has 0 spiro atoms. The van der Waals surface area contributed by atoms with Crippen molar-refractivity contribution in [3.63, 3.8) is 0 Å². The molecule has 0 aliphatic rings. The molecule has 0 aliphatic heterocycles. The molecule has 90 valence electrons. The molecule has 4 nitrogen and oxygen atoms in total. The number of amides is 1. The topological polar surface area (TPSA) is 66.4 Å². The van der Waals surface area contributed by atoms with E-state index in [1.165, 1.54) is 0 Å². The first-order chi connectivity index (χ1) is 7.90. The Labute approximate surface area is 103 Å². The summed E-state index contributed by atoms with van der Waals surface area (Å²) in [5.74, 6) is -3.77. The molecule has 1 rings (SSSR count). The molecule has 0 aliphatic carbocycles. The third kappa shape index (κ3) is 3.95. The monoisotopic (exact) mass is 305 g/mol. The number of nitrogens with one attached hydrogen (secondary N) is 1. The van der Waals surface area contributed by atoms with E-state index in [1.54, 1.807) is 0 Å². The number of carboxylic acid groups (broad SMARTS) is 1. The summed E-state index contributed by atoms with van der Waals surface area (Å²) in [6, 6.07) is 1.64. The van der Waals surface area contributed by atoms with Crippen LogP contribution in [-0.4, -0.2) is 17.0 Å². The van der Waals surface area contributed by atoms with Gasteiger partial charge in [-0.1, -0.05) is 0 Å². The second-order valence-electron chi connectivity index (χ2n) is 2.91. The summed E-state index contributed by atoms with van der Waals surface area (Å²) in [6.45, 7) is 0. The highest BCUT2D eigenvalue weighted by Gasteiger charge is 2.09. The molecule has 0 bridgehead atoms. The summed E-state index contributed by atoms with van der Waals surface area (Å²) >= 11 is 2.78. The molecule has 2 N–H and O–H groups in total. The van der Waals surface area contributed by atoms with E-state index >= 15 is 0 Å². The van der Waals surface area contributed by atoms with Crippen LogP contribution in [0.1, 0.15) is 0 Å². The van der Waals surface area contributed by atoms with E-state index in [0.717, 1.165) is 12.1 Å². The van der Waals surface area contributed by atoms with Crippen LogP contribution in [0.15, 0.2) is 28.8 Å². The van der Waals surface area contributed by atoms with Gasteiger partial charge in [0.25, 0.3) is 0 Å². The van der Waals surface area contributed by atoms with Gasteiger partial charge in [0, 0.05) is 18.2 Å². The molecular formula is C10H6BrF2NO3. The molecule has 1 amide bonds. The minimum atomic E-state index is -1.32. The van der Waals surface area contributed by atoms with Crippen molar-refractivity contribution in [3.05, 3.63) is 40.4 Å². The molecular weight excluding hydrogens is 300 g/mol. The molecule has 0 aromatic heterocycles. The van der Waals surface area contributed by atoms with Crippen LogP contribution in [0.25, 0.3) is 0 Å². The summed E-state index contributed by atoms with van der Waals surface area (Å²) < 4.78 is 26.2. The quantitative estimate of drug-likeness (QED) is 0.665. The Morgan fingerprint density at radius 1 is 1.24 bits per heavy atom. The van der Waals surface area contributed by atoms with Crippen LogP contribution in [0.2, 0.25) is 0 Å². The fourth-order valence-electron chi connectivity index (χ4n) is 0.940. The second kappa shape index (κ2) is 5.53. The Kier molecular flexibility index (Phi) is 4.33. The number of carbonyl (C=O) groups excluding carboxylic acids is 1. The SMILES string of the molecule is O=C(O)C=CC(=O)Nc1cc(F)c(Br)cc1F. The van der Waals surface area contributed by atoms with E-state index in [4.69, 9.17) is 5.11 Å². The van der Waals surface area contributed by atoms with Gasteiger partial charge in [-0.25, -0.2) is 13.6 Å². The fraction of sp³-hybridized carbons (Fsp3) is 0. The first-order valence-electron chi connectivity index (χ1n) is 4.26. The number of rotatable bonds is 3. The first kappa shape index (κ1) is 13.3. The molecule has 7 heteroatoms. The van der Waals surface area contributed by atoms with Gasteiger partial charge in [-0.3, -0.25) is 4.79 Å². The highest BCUT2D eigenvalue weighted by Crippen LogP contribution is 2.23. The van der Waals surface area contributed by atoms with Crippen LogP contribution >= 0.6 is 15.9 Å². The van der Waals surface area contributed by atoms with E-state index in [1.807, 2.05) is 5.32 Å². The van der Waals surface area contributed by atoms with Gasteiger partial charge < -0.3 is 10.4 Å². The Balaban J connectivity index is 2.85. The third-order valence-electron chi connectivity index (χ3n) is 1.65. The smallest absolute Gasteiger partial charge is 0.328 e. The van der Waals surface area contributed by atoms with Gasteiger partial charge in [0.05, 0.1) is 10.2 Å². The van der Waals surface area contributed by atoms with Crippen LogP contribution in [0.3, 0.4) is 0 Å². The average Bonchev–Trinajstić information content (AvgIpc) is 2.23. The number of halogens is 3. The highest BCUT2D eigenvalue weighted by atomic mass is 79.9. The van der Waals surface area contributed by atoms with Crippen molar-refractivity contribution in [1.82, 2.24) is 0 Å². The lowest BCUT2D eigenvalue weighted by Crippen LogP contribution is -2.10. The average molecular weight is 306 g/mol. The van der Waals surface area contributed by atoms with Gasteiger partial charge in [-0.2, -0.15) is 0 Å². The molecule has 0 atom stereocenters. The zero-order valence-corrected chi connectivity index (χ0v) is 9.79. The van der Waals surface area contributed by atoms with Crippen molar-refractivity contribution in [2.45, 2.75) is 0 Å². The van der Waals surface area contributed by atoms with Gasteiger partial charge in [0.15, 0.2) is 0 Å². The normalized spacial score (nSPS) is 10.5. The molecule has 0 saturated carbocycles. The van der Waals surface area contributed by atoms with Crippen molar-refractivity contribution < 1.29 is 23.5 Å². The molecule has 17 heavy (non-hydrogen) atoms. The van der Waals surface area contributed by atoms with Crippen LogP contribution in [0.5, 0.6) is 0 Å². The second-order valence-corrected chi connectivity index (χ2v) is 3.76. The molecule has 0 heterocycles. The number of aliphatic carboxylic acids is 1. The maximum Gasteiger partial charge on any atom is 0.328 e. The van der Waals surface area contributed by atoms with E-state index in [9.17, 15) is 18.4 Å². The maximum absolute atomic E-state index is 13.2. The van der Waals surface area contributed by atoms with Gasteiger partial charge in [0.1, 0.15) is 11.6 Å². The molecule has 0 fully saturated rings. The Morgan fingerprint density at radius 2 is 1.88 bits per heavy atom. The number of benzene rings is 1. The Morgan fingerprint density at radius 3 is 2.47 bits per heavy atom. The minimum Gasteiger partial charge on any atom is -0.478 e. The summed E-state index contributed by atoms with van der Waals surface area (Å²) in [5.41, 5.74) is -0.370. The standard InChI is InChI=1S/C10H6BrF2NO3/c11-5-3-7(13)8(4-6(5)12)14-9(15)1-2-10(16)17/h1-4H,(H,14,15)(H,16,17). The number of anilines is 1. The first-order valence-corrected chi connectivity index (χ1v) is 5.06. The maximum atomic E-state index is 13.2. The molecule has 0 radical (unpaired) electrons. The summed E-state index contributed by atoms with van der Waals surface area (Å²) in [7, 11) is 0. The van der Waals surface area contributed by atoms with Gasteiger partial charge >= 0.3 is 5.97 Å². The van der Waals surface area contributed by atoms with Crippen LogP contribution in [-0.2, 0) is 9.59 Å². The van der Waals surface area contributed by atoms with Crippen molar-refractivity contribution in [3.8, 4) is 0 Å². The lowest BCUT2D eigenvalue weighted by Gasteiger charge is -2.04. The van der Waals surface area contributed by atoms with Crippen molar-refractivity contribution >= 4 is 33.5 Å². The summed E-state index contributed by atoms with van der Waals surface area (Å²) in [5, 5.41) is 10.3.